The molecule has 1 aliphatic heterocycles. The summed E-state index contributed by atoms with van der Waals surface area (Å²) in [5.74, 6) is 1.16. The molecule has 0 aromatic heterocycles. The molecule has 2 fully saturated rings. The van der Waals surface area contributed by atoms with Gasteiger partial charge in [0.05, 0.1) is 0 Å². The van der Waals surface area contributed by atoms with Gasteiger partial charge in [-0.1, -0.05) is 20.3 Å². The van der Waals surface area contributed by atoms with Crippen LogP contribution in [0.3, 0.4) is 0 Å². The van der Waals surface area contributed by atoms with Gasteiger partial charge in [-0.2, -0.15) is 0 Å². The van der Waals surface area contributed by atoms with Crippen molar-refractivity contribution in [2.45, 2.75) is 65.0 Å². The molecule has 122 valence electrons. The molecule has 4 nitrogen and oxygen atoms in total. The first-order valence-corrected chi connectivity index (χ1v) is 8.58. The van der Waals surface area contributed by atoms with Crippen LogP contribution in [0.25, 0.3) is 0 Å². The number of rotatable bonds is 6. The van der Waals surface area contributed by atoms with Crippen molar-refractivity contribution in [3.8, 4) is 0 Å². The Kier molecular flexibility index (Phi) is 5.31. The minimum absolute atomic E-state index is 0.216. The monoisotopic (exact) mass is 296 g/mol. The van der Waals surface area contributed by atoms with Gasteiger partial charge in [0.2, 0.25) is 0 Å². The third-order valence-corrected chi connectivity index (χ3v) is 5.61. The maximum atomic E-state index is 11.9. The highest BCUT2D eigenvalue weighted by Gasteiger charge is 2.49. The second-order valence-corrected chi connectivity index (χ2v) is 7.67. The first-order valence-electron chi connectivity index (χ1n) is 8.58. The second-order valence-electron chi connectivity index (χ2n) is 7.67. The van der Waals surface area contributed by atoms with Gasteiger partial charge in [-0.05, 0) is 57.4 Å². The van der Waals surface area contributed by atoms with Gasteiger partial charge in [-0.15, -0.1) is 0 Å². The van der Waals surface area contributed by atoms with Crippen LogP contribution in [0.4, 0.5) is 0 Å². The van der Waals surface area contributed by atoms with Crippen LogP contribution in [0.5, 0.6) is 0 Å². The molecule has 0 bridgehead atoms. The van der Waals surface area contributed by atoms with Gasteiger partial charge in [0, 0.05) is 19.1 Å². The zero-order chi connectivity index (χ0) is 15.6. The number of nitrogens with one attached hydrogen (secondary N) is 1. The minimum Gasteiger partial charge on any atom is -0.480 e. The molecule has 1 aliphatic carbocycles. The molecule has 0 amide bonds. The normalized spacial score (nSPS) is 37.5. The van der Waals surface area contributed by atoms with Gasteiger partial charge in [0.1, 0.15) is 5.54 Å². The van der Waals surface area contributed by atoms with Crippen LogP contribution < -0.4 is 5.32 Å². The number of carboxylic acid groups (broad SMARTS) is 1. The molecule has 2 rings (SSSR count). The summed E-state index contributed by atoms with van der Waals surface area (Å²) in [4.78, 5) is 14.4. The lowest BCUT2D eigenvalue weighted by Gasteiger charge is -2.35. The summed E-state index contributed by atoms with van der Waals surface area (Å²) in [7, 11) is 0. The fraction of sp³-hybridized carbons (Fsp3) is 0.941. The molecule has 2 aliphatic rings. The number of carboxylic acids is 1. The van der Waals surface area contributed by atoms with E-state index in [4.69, 9.17) is 0 Å². The Balaban J connectivity index is 1.96. The Morgan fingerprint density at radius 3 is 2.48 bits per heavy atom. The third kappa shape index (κ3) is 3.59. The Morgan fingerprint density at radius 2 is 1.95 bits per heavy atom. The molecule has 4 unspecified atom stereocenters. The van der Waals surface area contributed by atoms with Crippen molar-refractivity contribution in [1.29, 1.82) is 0 Å². The SMILES string of the molecule is CC(C)NC1(C(=O)O)CCCC1CCN1CC(C)C(C)C1. The van der Waals surface area contributed by atoms with Crippen LogP contribution in [0.15, 0.2) is 0 Å². The highest BCUT2D eigenvalue weighted by atomic mass is 16.4. The van der Waals surface area contributed by atoms with E-state index in [1.165, 1.54) is 13.1 Å². The molecule has 21 heavy (non-hydrogen) atoms. The van der Waals surface area contributed by atoms with E-state index < -0.39 is 11.5 Å². The topological polar surface area (TPSA) is 52.6 Å². The average molecular weight is 296 g/mol. The molecule has 1 saturated carbocycles. The summed E-state index contributed by atoms with van der Waals surface area (Å²) in [6.45, 7) is 12.1. The summed E-state index contributed by atoms with van der Waals surface area (Å²) in [6.07, 6.45) is 3.86. The first kappa shape index (κ1) is 16.8. The molecule has 2 N–H and O–H groups in total. The van der Waals surface area contributed by atoms with E-state index in [2.05, 4.69) is 24.1 Å². The highest BCUT2D eigenvalue weighted by Crippen LogP contribution is 2.39. The molecule has 0 spiro atoms. The summed E-state index contributed by atoms with van der Waals surface area (Å²) in [5.41, 5.74) is -0.689. The third-order valence-electron chi connectivity index (χ3n) is 5.61. The van der Waals surface area contributed by atoms with E-state index in [-0.39, 0.29) is 12.0 Å². The number of carbonyl (C=O) groups is 1. The molecule has 1 saturated heterocycles. The molecule has 0 aromatic carbocycles. The zero-order valence-corrected chi connectivity index (χ0v) is 14.1. The van der Waals surface area contributed by atoms with Crippen LogP contribution >= 0.6 is 0 Å². The molecule has 4 atom stereocenters. The molecular formula is C17H32N2O2. The van der Waals surface area contributed by atoms with Crippen molar-refractivity contribution < 1.29 is 9.90 Å². The molecular weight excluding hydrogens is 264 g/mol. The van der Waals surface area contributed by atoms with Crippen LogP contribution in [0.2, 0.25) is 0 Å². The van der Waals surface area contributed by atoms with Crippen molar-refractivity contribution in [3.05, 3.63) is 0 Å². The number of aliphatic carboxylic acids is 1. The average Bonchev–Trinajstić information content (AvgIpc) is 2.92. The maximum absolute atomic E-state index is 11.9. The fourth-order valence-corrected chi connectivity index (χ4v) is 4.29. The van der Waals surface area contributed by atoms with Crippen molar-refractivity contribution in [2.75, 3.05) is 19.6 Å². The fourth-order valence-electron chi connectivity index (χ4n) is 4.29. The van der Waals surface area contributed by atoms with Crippen molar-refractivity contribution in [3.63, 3.8) is 0 Å². The van der Waals surface area contributed by atoms with E-state index in [1.54, 1.807) is 0 Å². The number of nitrogens with zero attached hydrogens (tertiary/aromatic N) is 1. The predicted molar refractivity (Wildman–Crippen MR) is 85.4 cm³/mol. The van der Waals surface area contributed by atoms with Gasteiger partial charge >= 0.3 is 5.97 Å². The number of hydrogen-bond acceptors (Lipinski definition) is 3. The van der Waals surface area contributed by atoms with E-state index in [0.717, 1.165) is 44.1 Å². The van der Waals surface area contributed by atoms with E-state index in [9.17, 15) is 9.90 Å². The standard InChI is InChI=1S/C17H32N2O2/c1-12(2)18-17(16(20)21)8-5-6-15(17)7-9-19-10-13(3)14(4)11-19/h12-15,18H,5-11H2,1-4H3,(H,20,21). The number of hydrogen-bond donors (Lipinski definition) is 2. The predicted octanol–water partition coefficient (Wildman–Crippen LogP) is 2.59. The Hall–Kier alpha value is -0.610. The van der Waals surface area contributed by atoms with Crippen LogP contribution in [-0.4, -0.2) is 47.2 Å². The largest absolute Gasteiger partial charge is 0.480 e. The molecule has 0 aromatic rings. The first-order chi connectivity index (χ1) is 9.85. The van der Waals surface area contributed by atoms with Crippen molar-refractivity contribution in [1.82, 2.24) is 10.2 Å². The summed E-state index contributed by atoms with van der Waals surface area (Å²) >= 11 is 0. The van der Waals surface area contributed by atoms with Gasteiger partial charge < -0.3 is 10.0 Å². The quantitative estimate of drug-likeness (QED) is 0.791. The van der Waals surface area contributed by atoms with Crippen molar-refractivity contribution in [2.24, 2.45) is 17.8 Å². The van der Waals surface area contributed by atoms with Crippen LogP contribution in [-0.2, 0) is 4.79 Å². The molecule has 4 heteroatoms. The summed E-state index contributed by atoms with van der Waals surface area (Å²) < 4.78 is 0. The zero-order valence-electron chi connectivity index (χ0n) is 14.1. The lowest BCUT2D eigenvalue weighted by molar-refractivity contribution is -0.147. The van der Waals surface area contributed by atoms with Gasteiger partial charge in [0.25, 0.3) is 0 Å². The smallest absolute Gasteiger partial charge is 0.324 e. The molecule has 1 heterocycles. The van der Waals surface area contributed by atoms with E-state index in [1.807, 2.05) is 13.8 Å². The van der Waals surface area contributed by atoms with Crippen LogP contribution in [0.1, 0.15) is 53.4 Å². The number of likely N-dealkylation sites (tertiary alicyclic amines) is 1. The van der Waals surface area contributed by atoms with Gasteiger partial charge in [0.15, 0.2) is 0 Å². The maximum Gasteiger partial charge on any atom is 0.324 e. The van der Waals surface area contributed by atoms with E-state index in [0.29, 0.717) is 0 Å². The Labute approximate surface area is 129 Å². The Bertz CT molecular complexity index is 362. The van der Waals surface area contributed by atoms with Gasteiger partial charge in [-0.3, -0.25) is 10.1 Å². The van der Waals surface area contributed by atoms with Crippen LogP contribution in [0, 0.1) is 17.8 Å². The highest BCUT2D eigenvalue weighted by molar-refractivity contribution is 5.79. The van der Waals surface area contributed by atoms with Crippen molar-refractivity contribution >= 4 is 5.97 Å². The summed E-state index contributed by atoms with van der Waals surface area (Å²) in [5, 5.41) is 13.2. The minimum atomic E-state index is -0.689. The van der Waals surface area contributed by atoms with Gasteiger partial charge in [-0.25, -0.2) is 0 Å². The van der Waals surface area contributed by atoms with E-state index >= 15 is 0 Å². The Morgan fingerprint density at radius 1 is 1.33 bits per heavy atom. The lowest BCUT2D eigenvalue weighted by atomic mass is 9.83. The second kappa shape index (κ2) is 6.66. The molecule has 0 radical (unpaired) electrons. The lowest BCUT2D eigenvalue weighted by Crippen LogP contribution is -2.57. The summed E-state index contributed by atoms with van der Waals surface area (Å²) in [6, 6.07) is 0.216.